The predicted molar refractivity (Wildman–Crippen MR) is 89.8 cm³/mol. The number of hydrogen-bond donors (Lipinski definition) is 0. The van der Waals surface area contributed by atoms with E-state index in [-0.39, 0.29) is 0 Å². The number of aromatic nitrogens is 1. The summed E-state index contributed by atoms with van der Waals surface area (Å²) in [5.74, 6) is 0. The van der Waals surface area contributed by atoms with Gasteiger partial charge in [-0.15, -0.1) is 0 Å². The zero-order valence-corrected chi connectivity index (χ0v) is 12.0. The van der Waals surface area contributed by atoms with Gasteiger partial charge in [0, 0.05) is 11.8 Å². The van der Waals surface area contributed by atoms with Gasteiger partial charge < -0.3 is 0 Å². The highest BCUT2D eigenvalue weighted by Crippen LogP contribution is 2.27. The van der Waals surface area contributed by atoms with Gasteiger partial charge in [-0.25, -0.2) is 0 Å². The molecule has 0 saturated heterocycles. The van der Waals surface area contributed by atoms with E-state index in [1.807, 2.05) is 24.4 Å². The SMILES string of the molecule is Cc1cccc(C=Cc2ccccc2)c1-c1ccccn1. The molecule has 0 spiro atoms. The van der Waals surface area contributed by atoms with E-state index in [1.165, 1.54) is 22.3 Å². The summed E-state index contributed by atoms with van der Waals surface area (Å²) in [7, 11) is 0. The maximum Gasteiger partial charge on any atom is 0.0710 e. The molecule has 0 atom stereocenters. The molecule has 0 bridgehead atoms. The molecule has 0 radical (unpaired) electrons. The van der Waals surface area contributed by atoms with Gasteiger partial charge in [-0.3, -0.25) is 4.98 Å². The van der Waals surface area contributed by atoms with Crippen molar-refractivity contribution in [3.8, 4) is 11.3 Å². The average molecular weight is 271 g/mol. The molecule has 0 amide bonds. The Balaban J connectivity index is 2.04. The van der Waals surface area contributed by atoms with E-state index in [4.69, 9.17) is 0 Å². The van der Waals surface area contributed by atoms with Crippen molar-refractivity contribution < 1.29 is 0 Å². The summed E-state index contributed by atoms with van der Waals surface area (Å²) in [6.07, 6.45) is 6.14. The molecule has 21 heavy (non-hydrogen) atoms. The van der Waals surface area contributed by atoms with E-state index < -0.39 is 0 Å². The molecule has 1 heterocycles. The van der Waals surface area contributed by atoms with Crippen LogP contribution in [0.2, 0.25) is 0 Å². The summed E-state index contributed by atoms with van der Waals surface area (Å²) in [6.45, 7) is 2.13. The molecule has 102 valence electrons. The van der Waals surface area contributed by atoms with Crippen molar-refractivity contribution in [3.63, 3.8) is 0 Å². The van der Waals surface area contributed by atoms with Crippen LogP contribution in [0.25, 0.3) is 23.4 Å². The largest absolute Gasteiger partial charge is 0.256 e. The Morgan fingerprint density at radius 2 is 1.57 bits per heavy atom. The van der Waals surface area contributed by atoms with E-state index in [0.29, 0.717) is 0 Å². The molecular weight excluding hydrogens is 254 g/mol. The zero-order chi connectivity index (χ0) is 14.5. The molecule has 1 aromatic heterocycles. The Morgan fingerprint density at radius 1 is 0.762 bits per heavy atom. The van der Waals surface area contributed by atoms with Gasteiger partial charge in [0.05, 0.1) is 5.69 Å². The monoisotopic (exact) mass is 271 g/mol. The number of aryl methyl sites for hydroxylation is 1. The van der Waals surface area contributed by atoms with Gasteiger partial charge in [-0.05, 0) is 35.7 Å². The van der Waals surface area contributed by atoms with E-state index >= 15 is 0 Å². The second-order valence-electron chi connectivity index (χ2n) is 5.00. The first kappa shape index (κ1) is 13.3. The van der Waals surface area contributed by atoms with Crippen LogP contribution in [0.5, 0.6) is 0 Å². The third kappa shape index (κ3) is 3.09. The van der Waals surface area contributed by atoms with Crippen molar-refractivity contribution >= 4 is 12.2 Å². The Bertz CT molecular complexity index is 743. The van der Waals surface area contributed by atoms with Gasteiger partial charge >= 0.3 is 0 Å². The lowest BCUT2D eigenvalue weighted by molar-refractivity contribution is 1.30. The fourth-order valence-electron chi connectivity index (χ4n) is 2.44. The molecule has 2 aromatic carbocycles. The van der Waals surface area contributed by atoms with Crippen LogP contribution in [-0.2, 0) is 0 Å². The van der Waals surface area contributed by atoms with Crippen LogP contribution in [0.3, 0.4) is 0 Å². The highest BCUT2D eigenvalue weighted by atomic mass is 14.7. The van der Waals surface area contributed by atoms with E-state index in [1.54, 1.807) is 0 Å². The van der Waals surface area contributed by atoms with Crippen LogP contribution < -0.4 is 0 Å². The van der Waals surface area contributed by atoms with E-state index in [0.717, 1.165) is 5.69 Å². The van der Waals surface area contributed by atoms with Crippen LogP contribution in [0.15, 0.2) is 72.9 Å². The summed E-state index contributed by atoms with van der Waals surface area (Å²) < 4.78 is 0. The molecule has 1 heteroatoms. The normalized spacial score (nSPS) is 10.9. The minimum atomic E-state index is 1.02. The summed E-state index contributed by atoms with van der Waals surface area (Å²) in [5, 5.41) is 0. The van der Waals surface area contributed by atoms with E-state index in [9.17, 15) is 0 Å². The third-order valence-corrected chi connectivity index (χ3v) is 3.48. The lowest BCUT2D eigenvalue weighted by Gasteiger charge is -2.09. The van der Waals surface area contributed by atoms with Gasteiger partial charge in [0.1, 0.15) is 0 Å². The van der Waals surface area contributed by atoms with Crippen molar-refractivity contribution in [3.05, 3.63) is 89.6 Å². The fraction of sp³-hybridized carbons (Fsp3) is 0.0500. The molecule has 0 unspecified atom stereocenters. The first-order chi connectivity index (χ1) is 10.3. The zero-order valence-electron chi connectivity index (χ0n) is 12.0. The number of rotatable bonds is 3. The standard InChI is InChI=1S/C20H17N/c1-16-8-7-11-18(14-13-17-9-3-2-4-10-17)20(16)19-12-5-6-15-21-19/h2-15H,1H3. The maximum absolute atomic E-state index is 4.49. The fourth-order valence-corrected chi connectivity index (χ4v) is 2.44. The van der Waals surface area contributed by atoms with Crippen LogP contribution in [0.1, 0.15) is 16.7 Å². The third-order valence-electron chi connectivity index (χ3n) is 3.48. The van der Waals surface area contributed by atoms with Gasteiger partial charge in [-0.1, -0.05) is 66.7 Å². The Hall–Kier alpha value is -2.67. The summed E-state index contributed by atoms with van der Waals surface area (Å²) in [5.41, 5.74) is 5.85. The number of pyridine rings is 1. The second-order valence-corrected chi connectivity index (χ2v) is 5.00. The Kier molecular flexibility index (Phi) is 3.92. The Labute approximate surface area is 125 Å². The first-order valence-electron chi connectivity index (χ1n) is 7.09. The lowest BCUT2D eigenvalue weighted by atomic mass is 9.97. The summed E-state index contributed by atoms with van der Waals surface area (Å²) in [4.78, 5) is 4.49. The van der Waals surface area contributed by atoms with Gasteiger partial charge in [0.25, 0.3) is 0 Å². The smallest absolute Gasteiger partial charge is 0.0710 e. The minimum absolute atomic E-state index is 1.02. The quantitative estimate of drug-likeness (QED) is 0.594. The second kappa shape index (κ2) is 6.19. The van der Waals surface area contributed by atoms with Crippen LogP contribution in [0.4, 0.5) is 0 Å². The molecule has 0 N–H and O–H groups in total. The average Bonchev–Trinajstić information content (AvgIpc) is 2.55. The molecule has 0 fully saturated rings. The predicted octanol–water partition coefficient (Wildman–Crippen LogP) is 5.23. The number of nitrogens with zero attached hydrogens (tertiary/aromatic N) is 1. The summed E-state index contributed by atoms with van der Waals surface area (Å²) >= 11 is 0. The van der Waals surface area contributed by atoms with Crippen molar-refractivity contribution in [2.24, 2.45) is 0 Å². The molecule has 0 aliphatic rings. The number of benzene rings is 2. The molecular formula is C20H17N. The molecule has 3 rings (SSSR count). The van der Waals surface area contributed by atoms with Crippen LogP contribution >= 0.6 is 0 Å². The van der Waals surface area contributed by atoms with Crippen LogP contribution in [0, 0.1) is 6.92 Å². The molecule has 0 aliphatic carbocycles. The lowest BCUT2D eigenvalue weighted by Crippen LogP contribution is -1.90. The van der Waals surface area contributed by atoms with Crippen molar-refractivity contribution in [1.29, 1.82) is 0 Å². The van der Waals surface area contributed by atoms with Crippen LogP contribution in [-0.4, -0.2) is 4.98 Å². The van der Waals surface area contributed by atoms with Gasteiger partial charge in [0.2, 0.25) is 0 Å². The molecule has 0 saturated carbocycles. The molecule has 3 aromatic rings. The molecule has 0 aliphatic heterocycles. The number of hydrogen-bond acceptors (Lipinski definition) is 1. The van der Waals surface area contributed by atoms with Gasteiger partial charge in [-0.2, -0.15) is 0 Å². The van der Waals surface area contributed by atoms with E-state index in [2.05, 4.69) is 72.6 Å². The first-order valence-corrected chi connectivity index (χ1v) is 7.09. The van der Waals surface area contributed by atoms with Crippen molar-refractivity contribution in [2.45, 2.75) is 6.92 Å². The highest BCUT2D eigenvalue weighted by Gasteiger charge is 2.06. The summed E-state index contributed by atoms with van der Waals surface area (Å²) in [6, 6.07) is 22.7. The van der Waals surface area contributed by atoms with Gasteiger partial charge in [0.15, 0.2) is 0 Å². The Morgan fingerprint density at radius 3 is 2.33 bits per heavy atom. The maximum atomic E-state index is 4.49. The van der Waals surface area contributed by atoms with Crippen molar-refractivity contribution in [2.75, 3.05) is 0 Å². The highest BCUT2D eigenvalue weighted by molar-refractivity contribution is 5.81. The minimum Gasteiger partial charge on any atom is -0.256 e. The van der Waals surface area contributed by atoms with Crippen molar-refractivity contribution in [1.82, 2.24) is 4.98 Å². The topological polar surface area (TPSA) is 12.9 Å². The molecule has 1 nitrogen and oxygen atoms in total.